The predicted molar refractivity (Wildman–Crippen MR) is 82.4 cm³/mol. The third-order valence-corrected chi connectivity index (χ3v) is 3.02. The molecule has 1 aromatic carbocycles. The highest BCUT2D eigenvalue weighted by atomic mass is 35.5. The maximum Gasteiger partial charge on any atom is 0.261 e. The molecule has 1 aromatic heterocycles. The van der Waals surface area contributed by atoms with Crippen LogP contribution < -0.4 is 16.5 Å². The Morgan fingerprint density at radius 2 is 2.05 bits per heavy atom. The smallest absolute Gasteiger partial charge is 0.261 e. The first kappa shape index (κ1) is 14.2. The molecule has 5 nitrogen and oxygen atoms in total. The Bertz CT molecular complexity index is 742. The van der Waals surface area contributed by atoms with E-state index in [2.05, 4.69) is 10.3 Å². The van der Waals surface area contributed by atoms with Crippen LogP contribution in [0.3, 0.4) is 0 Å². The molecular formula is C13H10ClN3O2S. The van der Waals surface area contributed by atoms with Crippen molar-refractivity contribution < 1.29 is 4.79 Å². The van der Waals surface area contributed by atoms with Gasteiger partial charge in [-0.05, 0) is 18.2 Å². The zero-order valence-electron chi connectivity index (χ0n) is 10.1. The maximum absolute atomic E-state index is 12.1. The number of thiocarbonyl (C=S) groups is 1. The van der Waals surface area contributed by atoms with Crippen molar-refractivity contribution in [1.29, 1.82) is 0 Å². The standard InChI is InChI=1S/C13H10ClN3O2S/c14-7-1-2-8(12(15)20)10(5-7)17-13(19)9-6-16-4-3-11(9)18/h1-6H,(H2,15,20)(H,16,18)(H,17,19). The largest absolute Gasteiger partial charge is 0.389 e. The first-order valence-corrected chi connectivity index (χ1v) is 6.35. The molecule has 7 heteroatoms. The summed E-state index contributed by atoms with van der Waals surface area (Å²) in [6.45, 7) is 0. The van der Waals surface area contributed by atoms with Gasteiger partial charge in [-0.2, -0.15) is 0 Å². The predicted octanol–water partition coefficient (Wildman–Crippen LogP) is 1.91. The van der Waals surface area contributed by atoms with E-state index in [1.165, 1.54) is 24.5 Å². The molecule has 0 unspecified atom stereocenters. The van der Waals surface area contributed by atoms with Crippen LogP contribution in [-0.2, 0) is 0 Å². The summed E-state index contributed by atoms with van der Waals surface area (Å²) in [6.07, 6.45) is 2.77. The Balaban J connectivity index is 2.38. The lowest BCUT2D eigenvalue weighted by molar-refractivity contribution is 0.102. The fourth-order valence-corrected chi connectivity index (χ4v) is 1.97. The molecule has 2 aromatic rings. The zero-order valence-corrected chi connectivity index (χ0v) is 11.7. The normalized spacial score (nSPS) is 10.1. The van der Waals surface area contributed by atoms with Crippen molar-refractivity contribution in [3.8, 4) is 0 Å². The number of hydrogen-bond donors (Lipinski definition) is 3. The minimum Gasteiger partial charge on any atom is -0.389 e. The van der Waals surface area contributed by atoms with Gasteiger partial charge in [0.1, 0.15) is 10.6 Å². The molecule has 0 radical (unpaired) electrons. The van der Waals surface area contributed by atoms with Crippen molar-refractivity contribution in [3.05, 3.63) is 63.0 Å². The van der Waals surface area contributed by atoms with Crippen LogP contribution in [0.15, 0.2) is 41.5 Å². The molecule has 102 valence electrons. The summed E-state index contributed by atoms with van der Waals surface area (Å²) in [7, 11) is 0. The Hall–Kier alpha value is -2.18. The highest BCUT2D eigenvalue weighted by Gasteiger charge is 2.13. The quantitative estimate of drug-likeness (QED) is 0.756. The maximum atomic E-state index is 12.1. The van der Waals surface area contributed by atoms with Gasteiger partial charge in [0.05, 0.1) is 5.69 Å². The fraction of sp³-hybridized carbons (Fsp3) is 0. The van der Waals surface area contributed by atoms with Gasteiger partial charge in [-0.1, -0.05) is 23.8 Å². The molecular weight excluding hydrogens is 298 g/mol. The molecule has 0 aliphatic carbocycles. The summed E-state index contributed by atoms with van der Waals surface area (Å²) in [6, 6.07) is 6.00. The van der Waals surface area contributed by atoms with E-state index in [9.17, 15) is 9.59 Å². The lowest BCUT2D eigenvalue weighted by Gasteiger charge is -2.10. The number of amides is 1. The van der Waals surface area contributed by atoms with E-state index in [1.54, 1.807) is 12.1 Å². The number of aromatic amines is 1. The zero-order chi connectivity index (χ0) is 14.7. The van der Waals surface area contributed by atoms with E-state index in [4.69, 9.17) is 29.6 Å². The van der Waals surface area contributed by atoms with Crippen LogP contribution in [0.25, 0.3) is 0 Å². The van der Waals surface area contributed by atoms with Gasteiger partial charge in [-0.25, -0.2) is 0 Å². The first-order chi connectivity index (χ1) is 9.49. The van der Waals surface area contributed by atoms with Crippen LogP contribution in [0.5, 0.6) is 0 Å². The average molecular weight is 308 g/mol. The van der Waals surface area contributed by atoms with Crippen LogP contribution in [-0.4, -0.2) is 15.9 Å². The number of aromatic nitrogens is 1. The molecule has 0 fully saturated rings. The molecule has 4 N–H and O–H groups in total. The molecule has 0 saturated carbocycles. The van der Waals surface area contributed by atoms with Crippen LogP contribution in [0.2, 0.25) is 5.02 Å². The second kappa shape index (κ2) is 5.85. The third kappa shape index (κ3) is 3.04. The molecule has 0 bridgehead atoms. The van der Waals surface area contributed by atoms with Crippen molar-refractivity contribution in [3.63, 3.8) is 0 Å². The van der Waals surface area contributed by atoms with E-state index in [0.717, 1.165) is 0 Å². The molecule has 20 heavy (non-hydrogen) atoms. The lowest BCUT2D eigenvalue weighted by Crippen LogP contribution is -2.22. The molecule has 0 aliphatic rings. The van der Waals surface area contributed by atoms with E-state index in [1.807, 2.05) is 0 Å². The van der Waals surface area contributed by atoms with Gasteiger partial charge in [0.15, 0.2) is 5.43 Å². The lowest BCUT2D eigenvalue weighted by atomic mass is 10.1. The van der Waals surface area contributed by atoms with E-state index in [-0.39, 0.29) is 16.0 Å². The van der Waals surface area contributed by atoms with E-state index < -0.39 is 5.91 Å². The van der Waals surface area contributed by atoms with Gasteiger partial charge in [-0.15, -0.1) is 0 Å². The number of nitrogens with two attached hydrogens (primary N) is 1. The number of halogens is 1. The fourth-order valence-electron chi connectivity index (χ4n) is 1.62. The van der Waals surface area contributed by atoms with E-state index in [0.29, 0.717) is 16.3 Å². The van der Waals surface area contributed by atoms with Crippen molar-refractivity contribution >= 4 is 40.4 Å². The molecule has 1 amide bonds. The second-order valence-electron chi connectivity index (χ2n) is 3.93. The average Bonchev–Trinajstić information content (AvgIpc) is 2.38. The minimum atomic E-state index is -0.563. The summed E-state index contributed by atoms with van der Waals surface area (Å²) in [4.78, 5) is 26.4. The van der Waals surface area contributed by atoms with Gasteiger partial charge >= 0.3 is 0 Å². The number of carbonyl (C=O) groups is 1. The summed E-state index contributed by atoms with van der Waals surface area (Å²) in [5.74, 6) is -0.563. The number of nitrogens with one attached hydrogen (secondary N) is 2. The number of pyridine rings is 1. The number of hydrogen-bond acceptors (Lipinski definition) is 3. The molecule has 0 aliphatic heterocycles. The van der Waals surface area contributed by atoms with Gasteiger partial charge in [0.2, 0.25) is 0 Å². The molecule has 0 atom stereocenters. The van der Waals surface area contributed by atoms with Crippen molar-refractivity contribution in [1.82, 2.24) is 4.98 Å². The van der Waals surface area contributed by atoms with E-state index >= 15 is 0 Å². The Morgan fingerprint density at radius 1 is 1.30 bits per heavy atom. The SMILES string of the molecule is NC(=S)c1ccc(Cl)cc1NC(=O)c1c[nH]ccc1=O. The molecule has 0 spiro atoms. The highest BCUT2D eigenvalue weighted by Crippen LogP contribution is 2.21. The van der Waals surface area contributed by atoms with Crippen LogP contribution in [0.4, 0.5) is 5.69 Å². The summed E-state index contributed by atoms with van der Waals surface area (Å²) in [5.41, 5.74) is 6.01. The number of H-pyrrole nitrogens is 1. The third-order valence-electron chi connectivity index (χ3n) is 2.56. The molecule has 0 saturated heterocycles. The van der Waals surface area contributed by atoms with Crippen LogP contribution >= 0.6 is 23.8 Å². The minimum absolute atomic E-state index is 0.0126. The highest BCUT2D eigenvalue weighted by molar-refractivity contribution is 7.80. The summed E-state index contributed by atoms with van der Waals surface area (Å²) >= 11 is 10.8. The Kier molecular flexibility index (Phi) is 4.16. The molecule has 1 heterocycles. The van der Waals surface area contributed by atoms with Gasteiger partial charge in [0.25, 0.3) is 5.91 Å². The molecule has 2 rings (SSSR count). The van der Waals surface area contributed by atoms with Gasteiger partial charge in [0, 0.05) is 29.0 Å². The number of carbonyl (C=O) groups excluding carboxylic acids is 1. The van der Waals surface area contributed by atoms with Crippen molar-refractivity contribution in [2.24, 2.45) is 5.73 Å². The van der Waals surface area contributed by atoms with Crippen LogP contribution in [0.1, 0.15) is 15.9 Å². The number of anilines is 1. The van der Waals surface area contributed by atoms with Gasteiger partial charge < -0.3 is 16.0 Å². The summed E-state index contributed by atoms with van der Waals surface area (Å²) < 4.78 is 0. The van der Waals surface area contributed by atoms with Crippen molar-refractivity contribution in [2.45, 2.75) is 0 Å². The summed E-state index contributed by atoms with van der Waals surface area (Å²) in [5, 5.41) is 3.00. The van der Waals surface area contributed by atoms with Crippen molar-refractivity contribution in [2.75, 3.05) is 5.32 Å². The van der Waals surface area contributed by atoms with Crippen LogP contribution in [0, 0.1) is 0 Å². The topological polar surface area (TPSA) is 88.0 Å². The monoisotopic (exact) mass is 307 g/mol. The Morgan fingerprint density at radius 3 is 2.70 bits per heavy atom. The first-order valence-electron chi connectivity index (χ1n) is 5.57. The van der Waals surface area contributed by atoms with Gasteiger partial charge in [-0.3, -0.25) is 9.59 Å². The second-order valence-corrected chi connectivity index (χ2v) is 4.81. The Labute approximate surface area is 124 Å². The number of benzene rings is 1. The number of rotatable bonds is 3.